The number of halogens is 3. The number of aryl methyl sites for hydroxylation is 1. The lowest BCUT2D eigenvalue weighted by atomic mass is 10.1. The highest BCUT2D eigenvalue weighted by atomic mass is 35.5. The Morgan fingerprint density at radius 2 is 1.79 bits per heavy atom. The summed E-state index contributed by atoms with van der Waals surface area (Å²) in [5.74, 6) is -2.26. The minimum absolute atomic E-state index is 0.159. The van der Waals surface area contributed by atoms with Gasteiger partial charge < -0.3 is 4.90 Å². The van der Waals surface area contributed by atoms with Gasteiger partial charge >= 0.3 is 0 Å². The zero-order valence-corrected chi connectivity index (χ0v) is 16.7. The molecular weight excluding hydrogens is 396 g/mol. The maximum absolute atomic E-state index is 13.4. The maximum atomic E-state index is 13.4. The van der Waals surface area contributed by atoms with Crippen LogP contribution in [0, 0.1) is 18.6 Å². The Morgan fingerprint density at radius 3 is 2.52 bits per heavy atom. The van der Waals surface area contributed by atoms with Gasteiger partial charge in [0.25, 0.3) is 5.91 Å². The summed E-state index contributed by atoms with van der Waals surface area (Å²) >= 11 is 6.56. The van der Waals surface area contributed by atoms with Gasteiger partial charge in [-0.25, -0.2) is 13.8 Å². The molecule has 0 unspecified atom stereocenters. The average molecular weight is 416 g/mol. The first-order valence-electron chi connectivity index (χ1n) is 9.44. The summed E-state index contributed by atoms with van der Waals surface area (Å²) in [4.78, 5) is 21.1. The third-order valence-corrected chi connectivity index (χ3v) is 5.85. The highest BCUT2D eigenvalue weighted by molar-refractivity contribution is 6.32. The Morgan fingerprint density at radius 1 is 1.07 bits per heavy atom. The van der Waals surface area contributed by atoms with Crippen molar-refractivity contribution in [3.8, 4) is 0 Å². The van der Waals surface area contributed by atoms with Crippen molar-refractivity contribution in [3.05, 3.63) is 75.9 Å². The van der Waals surface area contributed by atoms with Crippen molar-refractivity contribution < 1.29 is 13.6 Å². The smallest absolute Gasteiger partial charge is 0.254 e. The van der Waals surface area contributed by atoms with Gasteiger partial charge in [-0.1, -0.05) is 29.8 Å². The molecule has 1 aliphatic rings. The van der Waals surface area contributed by atoms with Crippen LogP contribution in [0.25, 0.3) is 10.9 Å². The van der Waals surface area contributed by atoms with Crippen molar-refractivity contribution in [3.63, 3.8) is 0 Å². The lowest BCUT2D eigenvalue weighted by Crippen LogP contribution is -2.48. The molecule has 4 nitrogen and oxygen atoms in total. The summed E-state index contributed by atoms with van der Waals surface area (Å²) in [5.41, 5.74) is 2.91. The lowest BCUT2D eigenvalue weighted by Gasteiger charge is -2.34. The fourth-order valence-electron chi connectivity index (χ4n) is 3.65. The van der Waals surface area contributed by atoms with Gasteiger partial charge in [-0.15, -0.1) is 0 Å². The first kappa shape index (κ1) is 19.7. The van der Waals surface area contributed by atoms with Gasteiger partial charge in [0.15, 0.2) is 11.6 Å². The van der Waals surface area contributed by atoms with E-state index in [-0.39, 0.29) is 11.5 Å². The molecule has 3 aromatic rings. The molecule has 0 N–H and O–H groups in total. The van der Waals surface area contributed by atoms with E-state index >= 15 is 0 Å². The molecule has 1 amide bonds. The van der Waals surface area contributed by atoms with Gasteiger partial charge in [-0.2, -0.15) is 0 Å². The Labute approximate surface area is 172 Å². The van der Waals surface area contributed by atoms with E-state index in [0.29, 0.717) is 37.7 Å². The number of amides is 1. The van der Waals surface area contributed by atoms with Crippen LogP contribution < -0.4 is 0 Å². The fraction of sp³-hybridized carbons (Fsp3) is 0.273. The van der Waals surface area contributed by atoms with Crippen molar-refractivity contribution >= 4 is 28.4 Å². The Hall–Kier alpha value is -2.57. The number of rotatable bonds is 3. The first-order chi connectivity index (χ1) is 13.9. The minimum Gasteiger partial charge on any atom is -0.336 e. The van der Waals surface area contributed by atoms with Gasteiger partial charge in [-0.3, -0.25) is 9.69 Å². The van der Waals surface area contributed by atoms with Crippen LogP contribution in [0.3, 0.4) is 0 Å². The van der Waals surface area contributed by atoms with Crippen LogP contribution in [-0.2, 0) is 6.54 Å². The molecule has 1 saturated heterocycles. The Balaban J connectivity index is 1.44. The number of benzene rings is 2. The van der Waals surface area contributed by atoms with Crippen molar-refractivity contribution in [2.75, 3.05) is 26.2 Å². The second-order valence-electron chi connectivity index (χ2n) is 7.21. The lowest BCUT2D eigenvalue weighted by molar-refractivity contribution is 0.0626. The van der Waals surface area contributed by atoms with E-state index in [9.17, 15) is 13.6 Å². The summed E-state index contributed by atoms with van der Waals surface area (Å²) in [6, 6.07) is 11.1. The molecule has 29 heavy (non-hydrogen) atoms. The summed E-state index contributed by atoms with van der Waals surface area (Å²) in [5, 5.41) is 1.71. The number of fused-ring (bicyclic) bond motifs is 1. The van der Waals surface area contributed by atoms with Crippen molar-refractivity contribution in [2.24, 2.45) is 0 Å². The molecule has 150 valence electrons. The largest absolute Gasteiger partial charge is 0.336 e. The van der Waals surface area contributed by atoms with Gasteiger partial charge in [-0.05, 0) is 36.8 Å². The second-order valence-corrected chi connectivity index (χ2v) is 7.59. The van der Waals surface area contributed by atoms with E-state index in [0.717, 1.165) is 34.3 Å². The molecule has 1 aromatic heterocycles. The van der Waals surface area contributed by atoms with E-state index < -0.39 is 11.6 Å². The van der Waals surface area contributed by atoms with Crippen LogP contribution in [0.5, 0.6) is 0 Å². The number of aromatic nitrogens is 1. The molecule has 0 aliphatic carbocycles. The van der Waals surface area contributed by atoms with Gasteiger partial charge in [0, 0.05) is 43.7 Å². The standard InChI is InChI=1S/C22H20ClF2N3O/c1-14-16-4-2-3-5-19(16)26-20(21(14)23)13-27-8-10-28(11-9-27)22(29)15-6-7-17(24)18(25)12-15/h2-7,12H,8-11,13H2,1H3. The number of hydrogen-bond acceptors (Lipinski definition) is 3. The molecule has 0 radical (unpaired) electrons. The molecule has 0 spiro atoms. The number of para-hydroxylation sites is 1. The summed E-state index contributed by atoms with van der Waals surface area (Å²) in [6.07, 6.45) is 0. The maximum Gasteiger partial charge on any atom is 0.254 e. The van der Waals surface area contributed by atoms with Crippen LogP contribution in [-0.4, -0.2) is 46.9 Å². The molecule has 0 saturated carbocycles. The van der Waals surface area contributed by atoms with Gasteiger partial charge in [0.1, 0.15) is 0 Å². The van der Waals surface area contributed by atoms with Crippen LogP contribution in [0.2, 0.25) is 5.02 Å². The van der Waals surface area contributed by atoms with Gasteiger partial charge in [0.2, 0.25) is 0 Å². The predicted octanol–water partition coefficient (Wildman–Crippen LogP) is 4.43. The summed E-state index contributed by atoms with van der Waals surface area (Å²) in [7, 11) is 0. The van der Waals surface area contributed by atoms with Crippen molar-refractivity contribution in [1.82, 2.24) is 14.8 Å². The summed E-state index contributed by atoms with van der Waals surface area (Å²) < 4.78 is 26.5. The monoisotopic (exact) mass is 415 g/mol. The zero-order chi connectivity index (χ0) is 20.5. The highest BCUT2D eigenvalue weighted by Gasteiger charge is 2.24. The van der Waals surface area contributed by atoms with Crippen LogP contribution in [0.15, 0.2) is 42.5 Å². The predicted molar refractivity (Wildman–Crippen MR) is 109 cm³/mol. The fourth-order valence-corrected chi connectivity index (χ4v) is 3.86. The number of pyridine rings is 1. The highest BCUT2D eigenvalue weighted by Crippen LogP contribution is 2.28. The molecular formula is C22H20ClF2N3O. The molecule has 7 heteroatoms. The van der Waals surface area contributed by atoms with Crippen molar-refractivity contribution in [2.45, 2.75) is 13.5 Å². The Kier molecular flexibility index (Phi) is 5.48. The number of hydrogen-bond donors (Lipinski definition) is 0. The number of piperazine rings is 1. The van der Waals surface area contributed by atoms with E-state index in [4.69, 9.17) is 16.6 Å². The second kappa shape index (κ2) is 8.05. The Bertz CT molecular complexity index is 1080. The summed E-state index contributed by atoms with van der Waals surface area (Å²) in [6.45, 7) is 4.90. The third kappa shape index (κ3) is 3.95. The SMILES string of the molecule is Cc1c(Cl)c(CN2CCN(C(=O)c3ccc(F)c(F)c3)CC2)nc2ccccc12. The molecule has 0 atom stereocenters. The zero-order valence-electron chi connectivity index (χ0n) is 16.0. The average Bonchev–Trinajstić information content (AvgIpc) is 2.74. The van der Waals surface area contributed by atoms with E-state index in [2.05, 4.69) is 4.90 Å². The van der Waals surface area contributed by atoms with Crippen LogP contribution >= 0.6 is 11.6 Å². The molecule has 2 heterocycles. The normalized spacial score (nSPS) is 15.1. The molecule has 2 aromatic carbocycles. The quantitative estimate of drug-likeness (QED) is 0.634. The number of carbonyl (C=O) groups excluding carboxylic acids is 1. The van der Waals surface area contributed by atoms with Crippen molar-refractivity contribution in [1.29, 1.82) is 0 Å². The van der Waals surface area contributed by atoms with Crippen LogP contribution in [0.4, 0.5) is 8.78 Å². The number of nitrogens with zero attached hydrogens (tertiary/aromatic N) is 3. The molecule has 4 rings (SSSR count). The van der Waals surface area contributed by atoms with Crippen LogP contribution in [0.1, 0.15) is 21.6 Å². The minimum atomic E-state index is -1.01. The first-order valence-corrected chi connectivity index (χ1v) is 9.82. The molecule has 1 fully saturated rings. The van der Waals surface area contributed by atoms with E-state index in [1.165, 1.54) is 6.07 Å². The molecule has 1 aliphatic heterocycles. The van der Waals surface area contributed by atoms with E-state index in [1.807, 2.05) is 31.2 Å². The number of carbonyl (C=O) groups is 1. The van der Waals surface area contributed by atoms with E-state index in [1.54, 1.807) is 4.90 Å². The molecule has 0 bridgehead atoms. The third-order valence-electron chi connectivity index (χ3n) is 5.35. The van der Waals surface area contributed by atoms with Gasteiger partial charge in [0.05, 0.1) is 16.2 Å². The topological polar surface area (TPSA) is 36.4 Å².